The van der Waals surface area contributed by atoms with E-state index in [9.17, 15) is 13.2 Å². The van der Waals surface area contributed by atoms with Crippen LogP contribution >= 0.6 is 0 Å². The summed E-state index contributed by atoms with van der Waals surface area (Å²) in [6, 6.07) is 4.43. The van der Waals surface area contributed by atoms with Crippen molar-refractivity contribution in [2.75, 3.05) is 6.54 Å². The van der Waals surface area contributed by atoms with Crippen LogP contribution in [0.1, 0.15) is 53.3 Å². The van der Waals surface area contributed by atoms with Gasteiger partial charge in [-0.05, 0) is 56.2 Å². The van der Waals surface area contributed by atoms with Crippen molar-refractivity contribution < 1.29 is 13.2 Å². The molecule has 1 aliphatic rings. The molecule has 1 aromatic carbocycles. The Hall–Kier alpha value is -2.09. The minimum Gasteiger partial charge on any atom is -0.352 e. The molecule has 0 saturated heterocycles. The highest BCUT2D eigenvalue weighted by Gasteiger charge is 2.36. The number of aromatic nitrogens is 2. The Bertz CT molecular complexity index is 1030. The summed E-state index contributed by atoms with van der Waals surface area (Å²) in [6.45, 7) is 10.6. The van der Waals surface area contributed by atoms with Crippen molar-refractivity contribution >= 4 is 26.9 Å². The van der Waals surface area contributed by atoms with E-state index in [1.54, 1.807) is 26.0 Å². The lowest BCUT2D eigenvalue weighted by molar-refractivity contribution is 0.248. The first-order valence-corrected chi connectivity index (χ1v) is 11.6. The van der Waals surface area contributed by atoms with Crippen LogP contribution in [0.2, 0.25) is 0 Å². The first-order valence-electron chi connectivity index (χ1n) is 10.1. The minimum absolute atomic E-state index is 0.0614. The Kier molecular flexibility index (Phi) is 5.45. The van der Waals surface area contributed by atoms with E-state index >= 15 is 0 Å². The number of amides is 2. The number of sulfone groups is 1. The lowest BCUT2D eigenvalue weighted by Gasteiger charge is -2.24. The van der Waals surface area contributed by atoms with Gasteiger partial charge in [-0.1, -0.05) is 20.8 Å². The molecule has 1 heterocycles. The molecule has 2 amide bonds. The molecule has 0 aliphatic heterocycles. The second-order valence-corrected chi connectivity index (χ2v) is 12.5. The number of primary amides is 1. The third kappa shape index (κ3) is 4.74. The molecule has 1 aliphatic carbocycles. The topological polar surface area (TPSA) is 107 Å². The number of benzene rings is 1. The smallest absolute Gasteiger partial charge is 0.312 e. The Morgan fingerprint density at radius 3 is 2.45 bits per heavy atom. The number of nitrogens with zero attached hydrogens (tertiary/aromatic N) is 2. The molecule has 8 heteroatoms. The van der Waals surface area contributed by atoms with E-state index < -0.39 is 20.6 Å². The molecule has 0 atom stereocenters. The lowest BCUT2D eigenvalue weighted by Crippen LogP contribution is -2.45. The van der Waals surface area contributed by atoms with E-state index in [0.717, 1.165) is 24.3 Å². The summed E-state index contributed by atoms with van der Waals surface area (Å²) in [4.78, 5) is 16.1. The molecular weight excluding hydrogens is 388 g/mol. The average Bonchev–Trinajstić information content (AvgIpc) is 3.34. The van der Waals surface area contributed by atoms with E-state index in [1.165, 1.54) is 12.8 Å². The van der Waals surface area contributed by atoms with Gasteiger partial charge in [0.05, 0.1) is 20.7 Å². The third-order valence-electron chi connectivity index (χ3n) is 5.35. The number of hydrogen-bond acceptors (Lipinski definition) is 4. The van der Waals surface area contributed by atoms with E-state index in [1.807, 2.05) is 6.07 Å². The van der Waals surface area contributed by atoms with Crippen LogP contribution < -0.4 is 11.1 Å². The summed E-state index contributed by atoms with van der Waals surface area (Å²) in [5.41, 5.74) is 6.87. The second kappa shape index (κ2) is 7.31. The maximum absolute atomic E-state index is 13.2. The van der Waals surface area contributed by atoms with Gasteiger partial charge in [0.1, 0.15) is 5.82 Å². The number of fused-ring (bicyclic) bond motifs is 1. The Morgan fingerprint density at radius 1 is 1.24 bits per heavy atom. The fourth-order valence-electron chi connectivity index (χ4n) is 3.41. The summed E-state index contributed by atoms with van der Waals surface area (Å²) < 4.78 is 27.4. The lowest BCUT2D eigenvalue weighted by atomic mass is 9.92. The monoisotopic (exact) mass is 420 g/mol. The zero-order valence-electron chi connectivity index (χ0n) is 17.9. The summed E-state index contributed by atoms with van der Waals surface area (Å²) in [5, 5.41) is 2.41. The summed E-state index contributed by atoms with van der Waals surface area (Å²) in [6.07, 6.45) is 3.30. The number of nitrogens with two attached hydrogens (primary N) is 1. The highest BCUT2D eigenvalue weighted by Crippen LogP contribution is 2.35. The molecule has 0 bridgehead atoms. The third-order valence-corrected chi connectivity index (χ3v) is 7.82. The maximum Gasteiger partial charge on any atom is 0.312 e. The Morgan fingerprint density at radius 2 is 1.90 bits per heavy atom. The van der Waals surface area contributed by atoms with Gasteiger partial charge >= 0.3 is 6.03 Å². The fourth-order valence-corrected chi connectivity index (χ4v) is 4.83. The molecule has 0 spiro atoms. The summed E-state index contributed by atoms with van der Waals surface area (Å²) >= 11 is 0. The standard InChI is InChI=1S/C21H32N4O3S/c1-20(2,3)11-18-24-16-10-15(8-9-17(16)25(18)12-14-6-7-14)29(27,28)21(4,5)13-23-19(22)26/h8-10,14H,6-7,11-13H2,1-5H3,(H3,22,23,26). The van der Waals surface area contributed by atoms with Crippen molar-refractivity contribution in [3.05, 3.63) is 24.0 Å². The maximum atomic E-state index is 13.2. The van der Waals surface area contributed by atoms with Crippen LogP contribution in [0.3, 0.4) is 0 Å². The van der Waals surface area contributed by atoms with Crippen molar-refractivity contribution in [1.82, 2.24) is 14.9 Å². The molecule has 160 valence electrons. The molecule has 3 N–H and O–H groups in total. The SMILES string of the molecule is CC(C)(C)Cc1nc2cc(S(=O)(=O)C(C)(C)CNC(N)=O)ccc2n1CC1CC1. The van der Waals surface area contributed by atoms with Gasteiger partial charge < -0.3 is 15.6 Å². The van der Waals surface area contributed by atoms with Crippen LogP contribution in [-0.2, 0) is 22.8 Å². The largest absolute Gasteiger partial charge is 0.352 e. The quantitative estimate of drug-likeness (QED) is 0.717. The van der Waals surface area contributed by atoms with Crippen LogP contribution in [-0.4, -0.2) is 35.3 Å². The van der Waals surface area contributed by atoms with E-state index in [0.29, 0.717) is 11.4 Å². The van der Waals surface area contributed by atoms with Gasteiger partial charge in [-0.3, -0.25) is 0 Å². The Balaban J connectivity index is 2.02. The zero-order chi connectivity index (χ0) is 21.6. The highest BCUT2D eigenvalue weighted by molar-refractivity contribution is 7.92. The van der Waals surface area contributed by atoms with Gasteiger partial charge in [-0.25, -0.2) is 18.2 Å². The minimum atomic E-state index is -3.69. The molecular formula is C21H32N4O3S. The molecule has 1 saturated carbocycles. The Labute approximate surface area is 173 Å². The highest BCUT2D eigenvalue weighted by atomic mass is 32.2. The van der Waals surface area contributed by atoms with Crippen molar-refractivity contribution in [2.24, 2.45) is 17.1 Å². The number of urea groups is 1. The first kappa shape index (κ1) is 21.6. The van der Waals surface area contributed by atoms with Crippen LogP contribution in [0.5, 0.6) is 0 Å². The first-order chi connectivity index (χ1) is 13.3. The molecule has 1 aromatic heterocycles. The van der Waals surface area contributed by atoms with Crippen molar-refractivity contribution in [1.29, 1.82) is 0 Å². The van der Waals surface area contributed by atoms with Crippen molar-refractivity contribution in [2.45, 2.75) is 70.1 Å². The van der Waals surface area contributed by atoms with Crippen LogP contribution in [0.4, 0.5) is 4.79 Å². The molecule has 0 radical (unpaired) electrons. The van der Waals surface area contributed by atoms with E-state index in [-0.39, 0.29) is 16.9 Å². The fraction of sp³-hybridized carbons (Fsp3) is 0.619. The number of hydrogen-bond donors (Lipinski definition) is 2. The number of carbonyl (C=O) groups is 1. The van der Waals surface area contributed by atoms with Crippen LogP contribution in [0, 0.1) is 11.3 Å². The molecule has 2 aromatic rings. The van der Waals surface area contributed by atoms with Crippen molar-refractivity contribution in [3.63, 3.8) is 0 Å². The van der Waals surface area contributed by atoms with Gasteiger partial charge in [-0.2, -0.15) is 0 Å². The molecule has 0 unspecified atom stereocenters. The van der Waals surface area contributed by atoms with Crippen molar-refractivity contribution in [3.8, 4) is 0 Å². The second-order valence-electron chi connectivity index (χ2n) is 9.95. The summed E-state index contributed by atoms with van der Waals surface area (Å²) in [7, 11) is -3.69. The predicted molar refractivity (Wildman–Crippen MR) is 114 cm³/mol. The number of rotatable bonds is 7. The van der Waals surface area contributed by atoms with Gasteiger partial charge in [0.2, 0.25) is 0 Å². The normalized spacial score (nSPS) is 15.6. The molecule has 7 nitrogen and oxygen atoms in total. The number of imidazole rings is 1. The number of nitrogens with one attached hydrogen (secondary N) is 1. The van der Waals surface area contributed by atoms with Gasteiger partial charge in [0, 0.05) is 19.5 Å². The van der Waals surface area contributed by atoms with Crippen LogP contribution in [0.25, 0.3) is 11.0 Å². The number of carbonyl (C=O) groups excluding carboxylic acids is 1. The van der Waals surface area contributed by atoms with Gasteiger partial charge in [-0.15, -0.1) is 0 Å². The van der Waals surface area contributed by atoms with Crippen LogP contribution in [0.15, 0.2) is 23.1 Å². The van der Waals surface area contributed by atoms with E-state index in [2.05, 4.69) is 30.7 Å². The van der Waals surface area contributed by atoms with Gasteiger partial charge in [0.25, 0.3) is 0 Å². The van der Waals surface area contributed by atoms with Gasteiger partial charge in [0.15, 0.2) is 9.84 Å². The van der Waals surface area contributed by atoms with E-state index in [4.69, 9.17) is 10.7 Å². The predicted octanol–water partition coefficient (Wildman–Crippen LogP) is 3.26. The zero-order valence-corrected chi connectivity index (χ0v) is 18.8. The average molecular weight is 421 g/mol. The molecule has 1 fully saturated rings. The summed E-state index contributed by atoms with van der Waals surface area (Å²) in [5.74, 6) is 1.69. The molecule has 3 rings (SSSR count). The molecule has 29 heavy (non-hydrogen) atoms.